The van der Waals surface area contributed by atoms with Crippen LogP contribution in [0.25, 0.3) is 22.1 Å². The lowest BCUT2D eigenvalue weighted by molar-refractivity contribution is -0.384. The Morgan fingerprint density at radius 1 is 0.917 bits per heavy atom. The van der Waals surface area contributed by atoms with Gasteiger partial charge in [-0.05, 0) is 29.8 Å². The third-order valence-corrected chi connectivity index (χ3v) is 3.03. The quantitative estimate of drug-likeness (QED) is 0.358. The number of nitrogens with zero attached hydrogens (tertiary/aromatic N) is 1. The summed E-state index contributed by atoms with van der Waals surface area (Å²) in [5.41, 5.74) is 1.02. The van der Waals surface area contributed by atoms with Crippen molar-refractivity contribution in [3.05, 3.63) is 75.1 Å². The molecule has 0 fully saturated rings. The summed E-state index contributed by atoms with van der Waals surface area (Å²) in [4.78, 5) is 22.1. The van der Waals surface area contributed by atoms with Gasteiger partial charge in [-0.2, -0.15) is 0 Å². The highest BCUT2D eigenvalue weighted by Crippen LogP contribution is 2.23. The molecule has 0 N–H and O–H groups in total. The highest BCUT2D eigenvalue weighted by molar-refractivity contribution is 5.81. The fraction of sp³-hybridized carbons (Fsp3) is 0.211. The molecule has 0 aliphatic carbocycles. The van der Waals surface area contributed by atoms with Crippen molar-refractivity contribution in [1.29, 1.82) is 0 Å². The normalized spacial score (nSPS) is 9.33. The number of nitro groups is 1. The summed E-state index contributed by atoms with van der Waals surface area (Å²) < 4.78 is 5.24. The molecule has 0 bridgehead atoms. The lowest BCUT2D eigenvalue weighted by Crippen LogP contribution is -2.02. The first-order valence-electron chi connectivity index (χ1n) is 7.93. The Hall–Kier alpha value is -2.95. The minimum absolute atomic E-state index is 0.0149. The number of non-ortho nitro benzene ring substituents is 1. The molecule has 0 aliphatic heterocycles. The van der Waals surface area contributed by atoms with Gasteiger partial charge in [0.05, 0.1) is 10.5 Å². The molecular weight excluding hydrogens is 306 g/mol. The van der Waals surface area contributed by atoms with Gasteiger partial charge in [-0.1, -0.05) is 45.9 Å². The third kappa shape index (κ3) is 4.29. The number of hydrogen-bond acceptors (Lipinski definition) is 4. The molecule has 5 heteroatoms. The maximum absolute atomic E-state index is 12.0. The van der Waals surface area contributed by atoms with Crippen LogP contribution in [0, 0.1) is 10.1 Å². The Balaban J connectivity index is 0.000000671. The van der Waals surface area contributed by atoms with Crippen LogP contribution in [0.5, 0.6) is 0 Å². The Morgan fingerprint density at radius 2 is 1.50 bits per heavy atom. The summed E-state index contributed by atoms with van der Waals surface area (Å²) in [6.07, 6.45) is 0. The van der Waals surface area contributed by atoms with Gasteiger partial charge in [0.15, 0.2) is 0 Å². The van der Waals surface area contributed by atoms with Crippen molar-refractivity contribution in [1.82, 2.24) is 0 Å². The second kappa shape index (κ2) is 9.25. The van der Waals surface area contributed by atoms with Crippen molar-refractivity contribution in [3.8, 4) is 11.1 Å². The Labute approximate surface area is 140 Å². The van der Waals surface area contributed by atoms with E-state index < -0.39 is 10.5 Å². The van der Waals surface area contributed by atoms with E-state index in [0.29, 0.717) is 16.7 Å². The van der Waals surface area contributed by atoms with Gasteiger partial charge in [-0.25, -0.2) is 4.79 Å². The topological polar surface area (TPSA) is 73.3 Å². The number of rotatable bonds is 2. The van der Waals surface area contributed by atoms with Crippen molar-refractivity contribution in [2.75, 3.05) is 0 Å². The van der Waals surface area contributed by atoms with E-state index in [-0.39, 0.29) is 5.69 Å². The molecule has 1 heterocycles. The first-order chi connectivity index (χ1) is 11.6. The maximum atomic E-state index is 12.0. The molecule has 0 spiro atoms. The van der Waals surface area contributed by atoms with Crippen LogP contribution in [0.1, 0.15) is 27.7 Å². The fourth-order valence-electron chi connectivity index (χ4n) is 2.03. The van der Waals surface area contributed by atoms with Gasteiger partial charge in [-0.15, -0.1) is 0 Å². The summed E-state index contributed by atoms with van der Waals surface area (Å²) in [5, 5.41) is 11.4. The van der Waals surface area contributed by atoms with Gasteiger partial charge in [0, 0.05) is 17.5 Å². The number of hydrogen-bond donors (Lipinski definition) is 0. The van der Waals surface area contributed by atoms with Crippen molar-refractivity contribution < 1.29 is 9.34 Å². The minimum atomic E-state index is -0.480. The third-order valence-electron chi connectivity index (χ3n) is 3.03. The van der Waals surface area contributed by atoms with E-state index >= 15 is 0 Å². The van der Waals surface area contributed by atoms with Crippen molar-refractivity contribution in [3.63, 3.8) is 0 Å². The van der Waals surface area contributed by atoms with Crippen molar-refractivity contribution in [2.24, 2.45) is 0 Å². The molecule has 1 aromatic heterocycles. The highest BCUT2D eigenvalue weighted by atomic mass is 16.6. The van der Waals surface area contributed by atoms with E-state index in [9.17, 15) is 14.9 Å². The van der Waals surface area contributed by atoms with E-state index in [1.807, 2.05) is 39.8 Å². The maximum Gasteiger partial charge on any atom is 0.344 e. The highest BCUT2D eigenvalue weighted by Gasteiger charge is 2.10. The second-order valence-corrected chi connectivity index (χ2v) is 4.29. The number of nitro benzene ring substituents is 1. The van der Waals surface area contributed by atoms with Gasteiger partial charge < -0.3 is 4.42 Å². The summed E-state index contributed by atoms with van der Waals surface area (Å²) >= 11 is 0. The van der Waals surface area contributed by atoms with E-state index in [2.05, 4.69) is 0 Å². The molecule has 0 saturated heterocycles. The second-order valence-electron chi connectivity index (χ2n) is 4.29. The van der Waals surface area contributed by atoms with Gasteiger partial charge >= 0.3 is 5.63 Å². The van der Waals surface area contributed by atoms with E-state index in [1.54, 1.807) is 30.3 Å². The lowest BCUT2D eigenvalue weighted by atomic mass is 10.1. The first-order valence-corrected chi connectivity index (χ1v) is 7.93. The smallest absolute Gasteiger partial charge is 0.344 e. The molecule has 3 rings (SSSR count). The van der Waals surface area contributed by atoms with Gasteiger partial charge in [0.2, 0.25) is 0 Å². The molecule has 2 aromatic carbocycles. The van der Waals surface area contributed by atoms with Gasteiger partial charge in [0.25, 0.3) is 5.69 Å². The molecule has 24 heavy (non-hydrogen) atoms. The standard InChI is InChI=1S/C15H9NO4.2C2H6/c17-15-13(9-11-3-1-2-4-14(11)20-15)10-5-7-12(8-6-10)16(18)19;2*1-2/h1-9H;2*1-2H3. The number of benzene rings is 2. The van der Waals surface area contributed by atoms with Gasteiger partial charge in [0.1, 0.15) is 5.58 Å². The van der Waals surface area contributed by atoms with Crippen LogP contribution in [0.3, 0.4) is 0 Å². The summed E-state index contributed by atoms with van der Waals surface area (Å²) in [7, 11) is 0. The van der Waals surface area contributed by atoms with E-state index in [1.165, 1.54) is 12.1 Å². The molecule has 5 nitrogen and oxygen atoms in total. The Kier molecular flexibility index (Phi) is 7.36. The monoisotopic (exact) mass is 327 g/mol. The average molecular weight is 327 g/mol. The summed E-state index contributed by atoms with van der Waals surface area (Å²) in [6.45, 7) is 8.00. The fourth-order valence-corrected chi connectivity index (χ4v) is 2.03. The first kappa shape index (κ1) is 19.1. The Bertz CT molecular complexity index is 851. The van der Waals surface area contributed by atoms with Crippen LogP contribution in [0.15, 0.2) is 63.8 Å². The zero-order chi connectivity index (χ0) is 18.1. The van der Waals surface area contributed by atoms with Crippen molar-refractivity contribution >= 4 is 16.7 Å². The van der Waals surface area contributed by atoms with Crippen LogP contribution in [0.2, 0.25) is 0 Å². The predicted octanol–water partition coefficient (Wildman–Crippen LogP) is 5.42. The van der Waals surface area contributed by atoms with Gasteiger partial charge in [-0.3, -0.25) is 10.1 Å². The van der Waals surface area contributed by atoms with E-state index in [4.69, 9.17) is 4.42 Å². The molecule has 0 unspecified atom stereocenters. The van der Waals surface area contributed by atoms with Crippen LogP contribution >= 0.6 is 0 Å². The molecule has 0 saturated carbocycles. The van der Waals surface area contributed by atoms with Crippen LogP contribution < -0.4 is 5.63 Å². The SMILES string of the molecule is CC.CC.O=c1oc2ccccc2cc1-c1ccc([N+](=O)[O-])cc1. The van der Waals surface area contributed by atoms with Crippen LogP contribution in [0.4, 0.5) is 5.69 Å². The summed E-state index contributed by atoms with van der Waals surface area (Å²) in [5.74, 6) is 0. The largest absolute Gasteiger partial charge is 0.422 e. The summed E-state index contributed by atoms with van der Waals surface area (Å²) in [6, 6.07) is 14.7. The average Bonchev–Trinajstić information content (AvgIpc) is 2.64. The predicted molar refractivity (Wildman–Crippen MR) is 97.3 cm³/mol. The zero-order valence-corrected chi connectivity index (χ0v) is 14.3. The van der Waals surface area contributed by atoms with E-state index in [0.717, 1.165) is 5.39 Å². The minimum Gasteiger partial charge on any atom is -0.422 e. The molecule has 0 radical (unpaired) electrons. The molecule has 0 amide bonds. The lowest BCUT2D eigenvalue weighted by Gasteiger charge is -2.02. The molecule has 0 atom stereocenters. The molecule has 0 aliphatic rings. The zero-order valence-electron chi connectivity index (χ0n) is 14.3. The van der Waals surface area contributed by atoms with Crippen molar-refractivity contribution in [2.45, 2.75) is 27.7 Å². The number of fused-ring (bicyclic) bond motifs is 1. The van der Waals surface area contributed by atoms with Crippen LogP contribution in [-0.2, 0) is 0 Å². The van der Waals surface area contributed by atoms with Crippen LogP contribution in [-0.4, -0.2) is 4.92 Å². The molecular formula is C19H21NO4. The molecule has 3 aromatic rings. The number of para-hydroxylation sites is 1. The molecule has 126 valence electrons. The Morgan fingerprint density at radius 3 is 2.08 bits per heavy atom.